The maximum atomic E-state index is 12.1. The van der Waals surface area contributed by atoms with Gasteiger partial charge in [-0.1, -0.05) is 30.3 Å². The summed E-state index contributed by atoms with van der Waals surface area (Å²) in [6, 6.07) is 9.58. The average molecular weight is 334 g/mol. The van der Waals surface area contributed by atoms with Gasteiger partial charge in [0.05, 0.1) is 5.56 Å². The highest BCUT2D eigenvalue weighted by molar-refractivity contribution is 9.10. The Labute approximate surface area is 124 Å². The third kappa shape index (κ3) is 3.42. The van der Waals surface area contributed by atoms with E-state index < -0.39 is 17.9 Å². The van der Waals surface area contributed by atoms with Crippen molar-refractivity contribution in [3.8, 4) is 0 Å². The normalized spacial score (nSPS) is 11.7. The molecule has 2 amide bonds. The number of nitrogens with one attached hydrogen (secondary N) is 1. The first-order valence-corrected chi connectivity index (χ1v) is 6.63. The van der Waals surface area contributed by atoms with Crippen LogP contribution in [-0.2, 0) is 4.79 Å². The van der Waals surface area contributed by atoms with Gasteiger partial charge in [-0.3, -0.25) is 14.6 Å². The van der Waals surface area contributed by atoms with E-state index in [4.69, 9.17) is 5.73 Å². The van der Waals surface area contributed by atoms with Crippen molar-refractivity contribution in [1.29, 1.82) is 0 Å². The number of halogens is 1. The summed E-state index contributed by atoms with van der Waals surface area (Å²) >= 11 is 3.24. The quantitative estimate of drug-likeness (QED) is 0.894. The highest BCUT2D eigenvalue weighted by atomic mass is 79.9. The van der Waals surface area contributed by atoms with Crippen molar-refractivity contribution in [2.45, 2.75) is 6.04 Å². The summed E-state index contributed by atoms with van der Waals surface area (Å²) in [5.74, 6) is -1.03. The number of carbonyl (C=O) groups excluding carboxylic acids is 2. The molecule has 20 heavy (non-hydrogen) atoms. The lowest BCUT2D eigenvalue weighted by atomic mass is 10.1. The zero-order chi connectivity index (χ0) is 14.5. The van der Waals surface area contributed by atoms with Crippen LogP contribution in [0.15, 0.2) is 53.3 Å². The van der Waals surface area contributed by atoms with E-state index in [9.17, 15) is 9.59 Å². The molecule has 0 radical (unpaired) electrons. The maximum absolute atomic E-state index is 12.1. The van der Waals surface area contributed by atoms with E-state index in [0.717, 1.165) is 0 Å². The maximum Gasteiger partial charge on any atom is 0.253 e. The Morgan fingerprint density at radius 3 is 2.50 bits per heavy atom. The Balaban J connectivity index is 2.21. The molecular weight excluding hydrogens is 322 g/mol. The molecule has 2 rings (SSSR count). The van der Waals surface area contributed by atoms with Crippen LogP contribution in [0.25, 0.3) is 0 Å². The monoisotopic (exact) mass is 333 g/mol. The van der Waals surface area contributed by atoms with Crippen molar-refractivity contribution >= 4 is 27.7 Å². The first-order valence-electron chi connectivity index (χ1n) is 5.83. The minimum atomic E-state index is -0.873. The fraction of sp³-hybridized carbons (Fsp3) is 0.0714. The summed E-state index contributed by atoms with van der Waals surface area (Å²) in [6.07, 6.45) is 2.99. The lowest BCUT2D eigenvalue weighted by molar-refractivity contribution is -0.120. The van der Waals surface area contributed by atoms with Crippen LogP contribution in [0.4, 0.5) is 0 Å². The fourth-order valence-corrected chi connectivity index (χ4v) is 2.08. The van der Waals surface area contributed by atoms with Crippen molar-refractivity contribution in [3.05, 3.63) is 64.4 Å². The number of nitrogens with two attached hydrogens (primary N) is 1. The second kappa shape index (κ2) is 6.29. The topological polar surface area (TPSA) is 85.1 Å². The molecule has 0 saturated carbocycles. The molecule has 1 atom stereocenters. The van der Waals surface area contributed by atoms with Crippen LogP contribution in [0.3, 0.4) is 0 Å². The van der Waals surface area contributed by atoms with Gasteiger partial charge in [0.1, 0.15) is 6.04 Å². The van der Waals surface area contributed by atoms with Gasteiger partial charge in [0.15, 0.2) is 0 Å². The second-order valence-electron chi connectivity index (χ2n) is 4.11. The lowest BCUT2D eigenvalue weighted by Crippen LogP contribution is -2.37. The fourth-order valence-electron chi connectivity index (χ4n) is 1.71. The first kappa shape index (κ1) is 14.2. The number of benzene rings is 1. The van der Waals surface area contributed by atoms with Crippen LogP contribution < -0.4 is 11.1 Å². The minimum Gasteiger partial charge on any atom is -0.368 e. The van der Waals surface area contributed by atoms with Crippen LogP contribution in [0.1, 0.15) is 22.0 Å². The summed E-state index contributed by atoms with van der Waals surface area (Å²) < 4.78 is 0.681. The van der Waals surface area contributed by atoms with E-state index >= 15 is 0 Å². The van der Waals surface area contributed by atoms with E-state index in [1.807, 2.05) is 6.07 Å². The number of primary amides is 1. The average Bonchev–Trinajstić information content (AvgIpc) is 2.45. The lowest BCUT2D eigenvalue weighted by Gasteiger charge is -2.15. The highest BCUT2D eigenvalue weighted by Crippen LogP contribution is 2.14. The molecule has 1 aromatic heterocycles. The number of amides is 2. The largest absolute Gasteiger partial charge is 0.368 e. The summed E-state index contributed by atoms with van der Waals surface area (Å²) in [4.78, 5) is 27.5. The van der Waals surface area contributed by atoms with Crippen LogP contribution >= 0.6 is 15.9 Å². The molecule has 3 N–H and O–H groups in total. The van der Waals surface area contributed by atoms with Crippen molar-refractivity contribution in [1.82, 2.24) is 10.3 Å². The third-order valence-corrected chi connectivity index (χ3v) is 3.09. The second-order valence-corrected chi connectivity index (χ2v) is 5.03. The van der Waals surface area contributed by atoms with Gasteiger partial charge in [-0.15, -0.1) is 0 Å². The number of pyridine rings is 1. The predicted molar refractivity (Wildman–Crippen MR) is 77.8 cm³/mol. The van der Waals surface area contributed by atoms with E-state index in [1.54, 1.807) is 36.5 Å². The Bertz CT molecular complexity index is 631. The van der Waals surface area contributed by atoms with Crippen molar-refractivity contribution in [2.75, 3.05) is 0 Å². The molecular formula is C14H12BrN3O2. The Kier molecular flexibility index (Phi) is 4.47. The molecule has 5 nitrogen and oxygen atoms in total. The standard InChI is InChI=1S/C14H12BrN3O2/c15-11-6-10(7-17-8-11)14(20)18-12(13(16)19)9-4-2-1-3-5-9/h1-8,12H,(H2,16,19)(H,18,20)/t12-/m1/s1. The SMILES string of the molecule is NC(=O)[C@H](NC(=O)c1cncc(Br)c1)c1ccccc1. The molecule has 0 bridgehead atoms. The van der Waals surface area contributed by atoms with Gasteiger partial charge in [0.25, 0.3) is 5.91 Å². The molecule has 6 heteroatoms. The van der Waals surface area contributed by atoms with E-state index in [2.05, 4.69) is 26.2 Å². The van der Waals surface area contributed by atoms with Gasteiger partial charge in [0.2, 0.25) is 5.91 Å². The van der Waals surface area contributed by atoms with Crippen LogP contribution in [-0.4, -0.2) is 16.8 Å². The number of hydrogen-bond acceptors (Lipinski definition) is 3. The van der Waals surface area contributed by atoms with Crippen molar-refractivity contribution in [3.63, 3.8) is 0 Å². The van der Waals surface area contributed by atoms with Gasteiger partial charge >= 0.3 is 0 Å². The van der Waals surface area contributed by atoms with Gasteiger partial charge < -0.3 is 11.1 Å². The summed E-state index contributed by atoms with van der Waals surface area (Å²) in [7, 11) is 0. The van der Waals surface area contributed by atoms with Crippen LogP contribution in [0.2, 0.25) is 0 Å². The Morgan fingerprint density at radius 2 is 1.90 bits per heavy atom. The number of rotatable bonds is 4. The van der Waals surface area contributed by atoms with Crippen LogP contribution in [0.5, 0.6) is 0 Å². The number of carbonyl (C=O) groups is 2. The number of aromatic nitrogens is 1. The minimum absolute atomic E-state index is 0.349. The molecule has 0 unspecified atom stereocenters. The number of nitrogens with zero attached hydrogens (tertiary/aromatic N) is 1. The van der Waals surface area contributed by atoms with E-state index in [0.29, 0.717) is 15.6 Å². The number of hydrogen-bond donors (Lipinski definition) is 2. The highest BCUT2D eigenvalue weighted by Gasteiger charge is 2.20. The van der Waals surface area contributed by atoms with Crippen molar-refractivity contribution < 1.29 is 9.59 Å². The van der Waals surface area contributed by atoms with E-state index in [1.165, 1.54) is 6.20 Å². The molecule has 102 valence electrons. The molecule has 2 aromatic rings. The Hall–Kier alpha value is -2.21. The van der Waals surface area contributed by atoms with Gasteiger partial charge in [-0.2, -0.15) is 0 Å². The molecule has 1 aromatic carbocycles. The first-order chi connectivity index (χ1) is 9.58. The molecule has 0 aliphatic carbocycles. The van der Waals surface area contributed by atoms with Gasteiger partial charge in [-0.25, -0.2) is 0 Å². The molecule has 0 aliphatic rings. The van der Waals surface area contributed by atoms with Gasteiger partial charge in [0, 0.05) is 16.9 Å². The smallest absolute Gasteiger partial charge is 0.253 e. The van der Waals surface area contributed by atoms with Crippen LogP contribution in [0, 0.1) is 0 Å². The third-order valence-electron chi connectivity index (χ3n) is 2.66. The molecule has 0 fully saturated rings. The zero-order valence-electron chi connectivity index (χ0n) is 10.4. The molecule has 1 heterocycles. The Morgan fingerprint density at radius 1 is 1.20 bits per heavy atom. The summed E-state index contributed by atoms with van der Waals surface area (Å²) in [5, 5.41) is 2.60. The molecule has 0 aliphatic heterocycles. The zero-order valence-corrected chi connectivity index (χ0v) is 12.0. The predicted octanol–water partition coefficient (Wildman–Crippen LogP) is 1.80. The van der Waals surface area contributed by atoms with Crippen molar-refractivity contribution in [2.24, 2.45) is 5.73 Å². The molecule has 0 spiro atoms. The molecule has 0 saturated heterocycles. The summed E-state index contributed by atoms with van der Waals surface area (Å²) in [5.41, 5.74) is 6.33. The van der Waals surface area contributed by atoms with Gasteiger partial charge in [-0.05, 0) is 27.6 Å². The van der Waals surface area contributed by atoms with E-state index in [-0.39, 0.29) is 0 Å². The summed E-state index contributed by atoms with van der Waals surface area (Å²) in [6.45, 7) is 0.